The number of hydrogen-bond donors (Lipinski definition) is 0. The van der Waals surface area contributed by atoms with Crippen molar-refractivity contribution in [3.8, 4) is 5.75 Å². The number of carbonyl (C=O) groups is 2. The number of pyridine rings is 1. The third kappa shape index (κ3) is 3.80. The molecule has 2 fully saturated rings. The van der Waals surface area contributed by atoms with Gasteiger partial charge in [-0.15, -0.1) is 0 Å². The molecule has 2 amide bonds. The van der Waals surface area contributed by atoms with Gasteiger partial charge in [-0.2, -0.15) is 0 Å². The summed E-state index contributed by atoms with van der Waals surface area (Å²) in [6.07, 6.45) is 5.36. The van der Waals surface area contributed by atoms with Crippen molar-refractivity contribution < 1.29 is 19.1 Å². The van der Waals surface area contributed by atoms with E-state index < -0.39 is 5.60 Å². The summed E-state index contributed by atoms with van der Waals surface area (Å²) in [7, 11) is 0. The van der Waals surface area contributed by atoms with Gasteiger partial charge in [-0.1, -0.05) is 0 Å². The monoisotopic (exact) mass is 387 g/mol. The van der Waals surface area contributed by atoms with Crippen molar-refractivity contribution in [2.45, 2.75) is 70.6 Å². The number of carbonyl (C=O) groups excluding carboxylic acids is 2. The third-order valence-electron chi connectivity index (χ3n) is 5.67. The van der Waals surface area contributed by atoms with E-state index in [0.717, 1.165) is 49.2 Å². The topological polar surface area (TPSA) is 72.0 Å². The van der Waals surface area contributed by atoms with Crippen molar-refractivity contribution in [2.24, 2.45) is 0 Å². The molecular weight excluding hydrogens is 358 g/mol. The molecule has 0 radical (unpaired) electrons. The maximum atomic E-state index is 12.2. The van der Waals surface area contributed by atoms with Crippen molar-refractivity contribution in [2.75, 3.05) is 19.6 Å². The van der Waals surface area contributed by atoms with Crippen LogP contribution in [0.25, 0.3) is 0 Å². The molecule has 0 aliphatic carbocycles. The molecule has 0 N–H and O–H groups in total. The zero-order valence-electron chi connectivity index (χ0n) is 16.9. The van der Waals surface area contributed by atoms with Gasteiger partial charge in [-0.3, -0.25) is 9.78 Å². The molecule has 1 aromatic heterocycles. The normalized spacial score (nSPS) is 22.7. The van der Waals surface area contributed by atoms with Gasteiger partial charge in [0.05, 0.1) is 11.7 Å². The quantitative estimate of drug-likeness (QED) is 0.780. The molecule has 28 heavy (non-hydrogen) atoms. The Morgan fingerprint density at radius 2 is 1.89 bits per heavy atom. The van der Waals surface area contributed by atoms with Crippen LogP contribution in [0.3, 0.4) is 0 Å². The largest absolute Gasteiger partial charge is 0.490 e. The summed E-state index contributed by atoms with van der Waals surface area (Å²) < 4.78 is 11.8. The maximum absolute atomic E-state index is 12.2. The SMILES string of the molecule is CC(C)(C)OC(=O)N1CCC(Oc2ccnc3c2C2CCC(=O)N2CC3)CC1. The van der Waals surface area contributed by atoms with Crippen LogP contribution in [-0.4, -0.2) is 58.1 Å². The Bertz CT molecular complexity index is 765. The van der Waals surface area contributed by atoms with E-state index in [0.29, 0.717) is 19.5 Å². The first-order chi connectivity index (χ1) is 13.3. The lowest BCUT2D eigenvalue weighted by molar-refractivity contribution is -0.129. The second-order valence-corrected chi connectivity index (χ2v) is 8.85. The van der Waals surface area contributed by atoms with E-state index in [1.54, 1.807) is 11.1 Å². The van der Waals surface area contributed by atoms with Crippen molar-refractivity contribution in [1.82, 2.24) is 14.8 Å². The zero-order chi connectivity index (χ0) is 19.9. The molecule has 152 valence electrons. The first kappa shape index (κ1) is 19.0. The molecule has 2 saturated heterocycles. The Kier molecular flexibility index (Phi) is 4.93. The fraction of sp³-hybridized carbons (Fsp3) is 0.667. The Morgan fingerprint density at radius 1 is 1.14 bits per heavy atom. The van der Waals surface area contributed by atoms with E-state index in [9.17, 15) is 9.59 Å². The van der Waals surface area contributed by atoms with Crippen LogP contribution in [0.15, 0.2) is 12.3 Å². The van der Waals surface area contributed by atoms with Gasteiger partial charge in [0.15, 0.2) is 0 Å². The first-order valence-electron chi connectivity index (χ1n) is 10.2. The summed E-state index contributed by atoms with van der Waals surface area (Å²) in [5.74, 6) is 1.08. The van der Waals surface area contributed by atoms with Crippen molar-refractivity contribution in [3.63, 3.8) is 0 Å². The van der Waals surface area contributed by atoms with E-state index in [2.05, 4.69) is 4.98 Å². The summed E-state index contributed by atoms with van der Waals surface area (Å²) >= 11 is 0. The minimum absolute atomic E-state index is 0.0534. The molecule has 1 atom stereocenters. The second kappa shape index (κ2) is 7.26. The van der Waals surface area contributed by atoms with E-state index in [1.165, 1.54) is 0 Å². The predicted octanol–water partition coefficient (Wildman–Crippen LogP) is 3.08. The molecule has 3 aliphatic heterocycles. The highest BCUT2D eigenvalue weighted by Gasteiger charge is 2.39. The van der Waals surface area contributed by atoms with Crippen molar-refractivity contribution >= 4 is 12.0 Å². The lowest BCUT2D eigenvalue weighted by Crippen LogP contribution is -2.44. The van der Waals surface area contributed by atoms with Gasteiger partial charge in [-0.25, -0.2) is 4.79 Å². The molecule has 0 bridgehead atoms. The highest BCUT2D eigenvalue weighted by molar-refractivity contribution is 5.79. The number of rotatable bonds is 2. The van der Waals surface area contributed by atoms with Crippen LogP contribution in [0, 0.1) is 0 Å². The molecule has 4 heterocycles. The molecule has 1 unspecified atom stereocenters. The third-order valence-corrected chi connectivity index (χ3v) is 5.67. The summed E-state index contributed by atoms with van der Waals surface area (Å²) in [4.78, 5) is 32.6. The Labute approximate surface area is 166 Å². The Hall–Kier alpha value is -2.31. The van der Waals surface area contributed by atoms with E-state index in [1.807, 2.05) is 31.7 Å². The van der Waals surface area contributed by atoms with Gasteiger partial charge in [0.25, 0.3) is 0 Å². The van der Waals surface area contributed by atoms with E-state index in [-0.39, 0.29) is 24.1 Å². The molecule has 3 aliphatic rings. The zero-order valence-corrected chi connectivity index (χ0v) is 16.9. The number of amides is 2. The van der Waals surface area contributed by atoms with E-state index in [4.69, 9.17) is 9.47 Å². The Morgan fingerprint density at radius 3 is 2.61 bits per heavy atom. The average Bonchev–Trinajstić information content (AvgIpc) is 3.02. The summed E-state index contributed by atoms with van der Waals surface area (Å²) in [5.41, 5.74) is 1.67. The molecule has 7 nitrogen and oxygen atoms in total. The van der Waals surface area contributed by atoms with Gasteiger partial charge in [0.2, 0.25) is 5.91 Å². The summed E-state index contributed by atoms with van der Waals surface area (Å²) in [5, 5.41) is 0. The van der Waals surface area contributed by atoms with Crippen LogP contribution in [0.4, 0.5) is 4.79 Å². The van der Waals surface area contributed by atoms with Gasteiger partial charge < -0.3 is 19.3 Å². The van der Waals surface area contributed by atoms with Crippen LogP contribution in [0.1, 0.15) is 63.8 Å². The van der Waals surface area contributed by atoms with Crippen LogP contribution in [-0.2, 0) is 16.0 Å². The Balaban J connectivity index is 1.42. The van der Waals surface area contributed by atoms with Crippen LogP contribution in [0.2, 0.25) is 0 Å². The number of piperidine rings is 1. The molecule has 1 aromatic rings. The number of likely N-dealkylation sites (tertiary alicyclic amines) is 1. The highest BCUT2D eigenvalue weighted by atomic mass is 16.6. The van der Waals surface area contributed by atoms with Gasteiger partial charge >= 0.3 is 6.09 Å². The number of fused-ring (bicyclic) bond motifs is 3. The van der Waals surface area contributed by atoms with Crippen LogP contribution in [0.5, 0.6) is 5.75 Å². The molecule has 0 aromatic carbocycles. The standard InChI is InChI=1S/C21H29N3O4/c1-21(2,3)28-20(26)23-11-7-14(8-12-23)27-17-6-10-22-15-9-13-24-16(19(15)17)4-5-18(24)25/h6,10,14,16H,4-5,7-9,11-13H2,1-3H3. The van der Waals surface area contributed by atoms with Crippen LogP contribution >= 0.6 is 0 Å². The number of hydrogen-bond acceptors (Lipinski definition) is 5. The molecule has 0 saturated carbocycles. The van der Waals surface area contributed by atoms with Gasteiger partial charge in [0, 0.05) is 57.1 Å². The van der Waals surface area contributed by atoms with Crippen molar-refractivity contribution in [1.29, 1.82) is 0 Å². The molecular formula is C21H29N3O4. The second-order valence-electron chi connectivity index (χ2n) is 8.85. The number of aromatic nitrogens is 1. The fourth-order valence-corrected chi connectivity index (χ4v) is 4.36. The smallest absolute Gasteiger partial charge is 0.410 e. The van der Waals surface area contributed by atoms with Gasteiger partial charge in [0.1, 0.15) is 17.5 Å². The average molecular weight is 387 g/mol. The maximum Gasteiger partial charge on any atom is 0.410 e. The minimum Gasteiger partial charge on any atom is -0.490 e. The van der Waals surface area contributed by atoms with Crippen LogP contribution < -0.4 is 4.74 Å². The minimum atomic E-state index is -0.481. The first-order valence-corrected chi connectivity index (χ1v) is 10.2. The van der Waals surface area contributed by atoms with E-state index >= 15 is 0 Å². The number of nitrogens with zero attached hydrogens (tertiary/aromatic N) is 3. The lowest BCUT2D eigenvalue weighted by Gasteiger charge is -2.36. The van der Waals surface area contributed by atoms with Gasteiger partial charge in [-0.05, 0) is 33.3 Å². The molecule has 0 spiro atoms. The fourth-order valence-electron chi connectivity index (χ4n) is 4.36. The highest BCUT2D eigenvalue weighted by Crippen LogP contribution is 2.42. The molecule has 7 heteroatoms. The van der Waals surface area contributed by atoms with Crippen molar-refractivity contribution in [3.05, 3.63) is 23.5 Å². The molecule has 4 rings (SSSR count). The summed E-state index contributed by atoms with van der Waals surface area (Å²) in [6.45, 7) is 7.64. The number of ether oxygens (including phenoxy) is 2. The summed E-state index contributed by atoms with van der Waals surface area (Å²) in [6, 6.07) is 2.02. The predicted molar refractivity (Wildman–Crippen MR) is 103 cm³/mol. The lowest BCUT2D eigenvalue weighted by atomic mass is 9.96.